The molecule has 0 saturated carbocycles. The lowest BCUT2D eigenvalue weighted by Gasteiger charge is -2.21. The summed E-state index contributed by atoms with van der Waals surface area (Å²) < 4.78 is 12.1. The number of para-hydroxylation sites is 4. The maximum Gasteiger partial charge on any atom is 0.164 e. The quantitative estimate of drug-likeness (QED) is 0.143. The van der Waals surface area contributed by atoms with Crippen LogP contribution in [0.15, 0.2) is 346 Å². The standard InChI is InChI=1S/C51H31N5S.C48H32N4S/c1-4-16-32(17-5-1)49-52-50(33-18-6-2-7-19-33)54-51(53-49)39-30-35(31-45-46(39)38-24-12-15-27-44(38)57-45)56-41-26-14-11-23-37(41)48-43(56)29-28-42-47(48)36-22-10-13-25-40(36)55(42)34-20-8-3-9-21-34;1-48(2)38-22-12-9-19-32(38)35-28-41-36(27-39(35)48)33-20-10-13-23-40(33)52(41)31-25-37(44-34-21-11-14-24-42(34)53-43(44)26-31)47-50-45(29-15-5-3-6-16-29)49-46(51-47)30-17-7-4-8-18-30/h1-31H;3-28H,1-2H3. The van der Waals surface area contributed by atoms with Gasteiger partial charge < -0.3 is 13.7 Å². The highest BCUT2D eigenvalue weighted by Gasteiger charge is 2.37. The van der Waals surface area contributed by atoms with E-state index in [1.165, 1.54) is 106 Å². The Morgan fingerprint density at radius 1 is 0.218 bits per heavy atom. The summed E-state index contributed by atoms with van der Waals surface area (Å²) in [6.07, 6.45) is 0. The van der Waals surface area contributed by atoms with Crippen LogP contribution in [0, 0.1) is 0 Å². The van der Waals surface area contributed by atoms with Gasteiger partial charge >= 0.3 is 0 Å². The lowest BCUT2D eigenvalue weighted by Crippen LogP contribution is -2.14. The van der Waals surface area contributed by atoms with Crippen LogP contribution in [0.5, 0.6) is 0 Å². The van der Waals surface area contributed by atoms with E-state index < -0.39 is 0 Å². The van der Waals surface area contributed by atoms with Crippen LogP contribution in [0.1, 0.15) is 25.0 Å². The van der Waals surface area contributed by atoms with Crippen LogP contribution in [0.2, 0.25) is 0 Å². The Labute approximate surface area is 640 Å². The van der Waals surface area contributed by atoms with Crippen LogP contribution in [-0.4, -0.2) is 43.6 Å². The second-order valence-corrected chi connectivity index (χ2v) is 31.0. The van der Waals surface area contributed by atoms with E-state index in [0.29, 0.717) is 34.9 Å². The van der Waals surface area contributed by atoms with Gasteiger partial charge in [-0.15, -0.1) is 22.7 Å². The summed E-state index contributed by atoms with van der Waals surface area (Å²) in [5.41, 5.74) is 21.4. The van der Waals surface area contributed by atoms with Crippen LogP contribution >= 0.6 is 22.7 Å². The van der Waals surface area contributed by atoms with Gasteiger partial charge in [0.2, 0.25) is 0 Å². The van der Waals surface area contributed by atoms with Crippen LogP contribution in [0.25, 0.3) is 202 Å². The first-order chi connectivity index (χ1) is 54.3. The van der Waals surface area contributed by atoms with E-state index in [2.05, 4.69) is 301 Å². The topological polar surface area (TPSA) is 92.1 Å². The van der Waals surface area contributed by atoms with Crippen molar-refractivity contribution in [2.24, 2.45) is 0 Å². The van der Waals surface area contributed by atoms with Gasteiger partial charge in [0.05, 0.1) is 33.1 Å². The Kier molecular flexibility index (Phi) is 14.5. The predicted molar refractivity (Wildman–Crippen MR) is 459 cm³/mol. The Morgan fingerprint density at radius 3 is 1.04 bits per heavy atom. The van der Waals surface area contributed by atoms with Crippen molar-refractivity contribution in [3.63, 3.8) is 0 Å². The second kappa shape index (κ2) is 25.1. The van der Waals surface area contributed by atoms with Crippen LogP contribution in [0.4, 0.5) is 0 Å². The minimum atomic E-state index is -0.0852. The summed E-state index contributed by atoms with van der Waals surface area (Å²) in [6, 6.07) is 123. The second-order valence-electron chi connectivity index (χ2n) is 28.8. The molecule has 0 saturated heterocycles. The number of rotatable bonds is 9. The molecule has 9 nitrogen and oxygen atoms in total. The molecule has 0 amide bonds. The normalized spacial score (nSPS) is 12.5. The number of aromatic nitrogens is 9. The largest absolute Gasteiger partial charge is 0.309 e. The number of hydrogen-bond donors (Lipinski definition) is 0. The van der Waals surface area contributed by atoms with Gasteiger partial charge in [-0.2, -0.15) is 0 Å². The number of benzene rings is 15. The monoisotopic (exact) mass is 1440 g/mol. The fourth-order valence-corrected chi connectivity index (χ4v) is 19.6. The summed E-state index contributed by atoms with van der Waals surface area (Å²) in [5.74, 6) is 3.90. The summed E-state index contributed by atoms with van der Waals surface area (Å²) in [6.45, 7) is 4.71. The molecule has 0 aliphatic heterocycles. The van der Waals surface area contributed by atoms with Crippen LogP contribution in [-0.2, 0) is 5.41 Å². The molecule has 0 N–H and O–H groups in total. The molecule has 22 aromatic rings. The molecule has 0 bridgehead atoms. The Balaban J connectivity index is 0.000000136. The average molecular weight is 1440 g/mol. The Hall–Kier alpha value is -13.8. The van der Waals surface area contributed by atoms with Crippen molar-refractivity contribution in [1.29, 1.82) is 0 Å². The summed E-state index contributed by atoms with van der Waals surface area (Å²) in [7, 11) is 0. The molecule has 11 heteroatoms. The van der Waals surface area contributed by atoms with Crippen molar-refractivity contribution in [3.05, 3.63) is 357 Å². The third-order valence-electron chi connectivity index (χ3n) is 22.2. The van der Waals surface area contributed by atoms with Crippen molar-refractivity contribution in [2.45, 2.75) is 19.3 Å². The number of hydrogen-bond acceptors (Lipinski definition) is 8. The highest BCUT2D eigenvalue weighted by Crippen LogP contribution is 2.53. The van der Waals surface area contributed by atoms with Gasteiger partial charge in [-0.3, -0.25) is 0 Å². The third kappa shape index (κ3) is 10.0. The first-order valence-corrected chi connectivity index (χ1v) is 38.8. The Bertz CT molecular complexity index is 7370. The van der Waals surface area contributed by atoms with Gasteiger partial charge in [0.25, 0.3) is 0 Å². The molecule has 7 aromatic heterocycles. The van der Waals surface area contributed by atoms with Gasteiger partial charge in [0.1, 0.15) is 0 Å². The molecule has 7 heterocycles. The molecule has 0 spiro atoms. The third-order valence-corrected chi connectivity index (χ3v) is 24.4. The maximum absolute atomic E-state index is 5.26. The molecule has 516 valence electrons. The molecule has 23 rings (SSSR count). The number of nitrogens with zero attached hydrogens (tertiary/aromatic N) is 9. The van der Waals surface area contributed by atoms with Crippen molar-refractivity contribution in [1.82, 2.24) is 43.6 Å². The fraction of sp³-hybridized carbons (Fsp3) is 0.0303. The van der Waals surface area contributed by atoms with Crippen molar-refractivity contribution in [2.75, 3.05) is 0 Å². The molecule has 110 heavy (non-hydrogen) atoms. The van der Waals surface area contributed by atoms with Gasteiger partial charge in [0.15, 0.2) is 34.9 Å². The molecule has 0 radical (unpaired) electrons. The minimum absolute atomic E-state index is 0.0852. The lowest BCUT2D eigenvalue weighted by molar-refractivity contribution is 0.661. The highest BCUT2D eigenvalue weighted by atomic mass is 32.1. The molecule has 0 atom stereocenters. The van der Waals surface area contributed by atoms with Gasteiger partial charge in [-0.05, 0) is 113 Å². The molecule has 1 aliphatic rings. The highest BCUT2D eigenvalue weighted by molar-refractivity contribution is 7.26. The Morgan fingerprint density at radius 2 is 0.573 bits per heavy atom. The minimum Gasteiger partial charge on any atom is -0.309 e. The predicted octanol–water partition coefficient (Wildman–Crippen LogP) is 26.1. The van der Waals surface area contributed by atoms with E-state index in [1.807, 2.05) is 95.5 Å². The van der Waals surface area contributed by atoms with E-state index >= 15 is 0 Å². The SMILES string of the molecule is CC1(C)c2ccccc2-c2cc3c(cc21)c1ccccc1n3-c1cc(-c2nc(-c3ccccc3)nc(-c3ccccc3)n2)c2c(c1)sc1ccccc12.c1ccc(-c2nc(-c3ccccc3)nc(-c3cc(-n4c5ccccc5c5c6c7ccccc7n(-c7ccccc7)c6ccc54)cc4sc5ccccc5c34)n2)cc1. The van der Waals surface area contributed by atoms with Crippen LogP contribution in [0.3, 0.4) is 0 Å². The van der Waals surface area contributed by atoms with Crippen molar-refractivity contribution >= 4 is 128 Å². The van der Waals surface area contributed by atoms with Crippen molar-refractivity contribution < 1.29 is 0 Å². The van der Waals surface area contributed by atoms with Crippen molar-refractivity contribution in [3.8, 4) is 96.5 Å². The summed E-state index contributed by atoms with van der Waals surface area (Å²) in [4.78, 5) is 31.1. The fourth-order valence-electron chi connectivity index (χ4n) is 17.2. The maximum atomic E-state index is 5.26. The first-order valence-electron chi connectivity index (χ1n) is 37.2. The van der Waals surface area contributed by atoms with E-state index in [-0.39, 0.29) is 5.41 Å². The zero-order chi connectivity index (χ0) is 72.7. The lowest BCUT2D eigenvalue weighted by atomic mass is 9.82. The molecule has 15 aromatic carbocycles. The van der Waals surface area contributed by atoms with E-state index in [4.69, 9.17) is 29.9 Å². The molecular weight excluding hydrogens is 1380 g/mol. The zero-order valence-electron chi connectivity index (χ0n) is 59.8. The number of fused-ring (bicyclic) bond motifs is 19. The molecule has 0 fully saturated rings. The van der Waals surface area contributed by atoms with E-state index in [0.717, 1.165) is 72.2 Å². The van der Waals surface area contributed by atoms with Gasteiger partial charge in [0, 0.05) is 129 Å². The molecular formula is C99H63N9S2. The van der Waals surface area contributed by atoms with Gasteiger partial charge in [-0.25, -0.2) is 29.9 Å². The van der Waals surface area contributed by atoms with E-state index in [9.17, 15) is 0 Å². The first kappa shape index (κ1) is 63.4. The average Bonchev–Trinajstić information content (AvgIpc) is 1.55. The van der Waals surface area contributed by atoms with Gasteiger partial charge in [-0.1, -0.05) is 269 Å². The number of thiophene rings is 2. The molecule has 0 unspecified atom stereocenters. The summed E-state index contributed by atoms with van der Waals surface area (Å²) in [5, 5.41) is 12.2. The summed E-state index contributed by atoms with van der Waals surface area (Å²) >= 11 is 3.63. The van der Waals surface area contributed by atoms with E-state index in [1.54, 1.807) is 0 Å². The zero-order valence-corrected chi connectivity index (χ0v) is 61.4. The smallest absolute Gasteiger partial charge is 0.164 e. The van der Waals surface area contributed by atoms with Crippen LogP contribution < -0.4 is 0 Å². The molecule has 1 aliphatic carbocycles.